The summed E-state index contributed by atoms with van der Waals surface area (Å²) in [7, 11) is 0. The summed E-state index contributed by atoms with van der Waals surface area (Å²) < 4.78 is 5.42. The first-order valence-electron chi connectivity index (χ1n) is 8.35. The average Bonchev–Trinajstić information content (AvgIpc) is 2.65. The van der Waals surface area contributed by atoms with Crippen LogP contribution in [0.1, 0.15) is 18.4 Å². The third-order valence-corrected chi connectivity index (χ3v) is 3.80. The average molecular weight is 343 g/mol. The van der Waals surface area contributed by atoms with E-state index in [-0.39, 0.29) is 11.8 Å². The lowest BCUT2D eigenvalue weighted by atomic mass is 10.1. The van der Waals surface area contributed by atoms with Gasteiger partial charge in [0, 0.05) is 24.2 Å². The lowest BCUT2D eigenvalue weighted by molar-refractivity contribution is -0.115. The van der Waals surface area contributed by atoms with E-state index in [1.807, 2.05) is 0 Å². The van der Waals surface area contributed by atoms with Gasteiger partial charge >= 0.3 is 0 Å². The van der Waals surface area contributed by atoms with E-state index < -0.39 is 5.91 Å². The first-order chi connectivity index (χ1) is 12.2. The van der Waals surface area contributed by atoms with Gasteiger partial charge in [-0.2, -0.15) is 4.98 Å². The second-order valence-corrected chi connectivity index (χ2v) is 5.69. The van der Waals surface area contributed by atoms with E-state index in [9.17, 15) is 4.79 Å². The SMILES string of the molecule is C=CCNc1nc(OCC=C)ccc1C(=N)C(=O)NC1CCNCC1. The molecule has 0 atom stereocenters. The zero-order chi connectivity index (χ0) is 18.1. The molecule has 0 spiro atoms. The minimum Gasteiger partial charge on any atom is -0.473 e. The molecular weight excluding hydrogens is 318 g/mol. The van der Waals surface area contributed by atoms with Crippen LogP contribution in [0.15, 0.2) is 37.4 Å². The number of anilines is 1. The van der Waals surface area contributed by atoms with Crippen molar-refractivity contribution in [2.45, 2.75) is 18.9 Å². The number of pyridine rings is 1. The second-order valence-electron chi connectivity index (χ2n) is 5.69. The standard InChI is InChI=1S/C18H25N5O2/c1-3-9-21-17-14(5-6-15(23-17)25-12-4-2)16(19)18(24)22-13-7-10-20-11-8-13/h3-6,13,19-20H,1-2,7-12H2,(H,21,23)(H,22,24). The maximum absolute atomic E-state index is 12.4. The molecule has 4 N–H and O–H groups in total. The summed E-state index contributed by atoms with van der Waals surface area (Å²) in [4.78, 5) is 16.8. The van der Waals surface area contributed by atoms with Gasteiger partial charge < -0.3 is 20.7 Å². The van der Waals surface area contributed by atoms with Gasteiger partial charge in [-0.1, -0.05) is 18.7 Å². The van der Waals surface area contributed by atoms with Gasteiger partial charge in [0.05, 0.1) is 0 Å². The number of piperidine rings is 1. The molecule has 0 aromatic carbocycles. The maximum Gasteiger partial charge on any atom is 0.270 e. The fourth-order valence-electron chi connectivity index (χ4n) is 2.52. The van der Waals surface area contributed by atoms with Gasteiger partial charge in [0.1, 0.15) is 18.1 Å². The molecule has 2 rings (SSSR count). The fraction of sp³-hybridized carbons (Fsp3) is 0.389. The van der Waals surface area contributed by atoms with Crippen molar-refractivity contribution in [1.29, 1.82) is 5.41 Å². The van der Waals surface area contributed by atoms with Crippen LogP contribution in [0, 0.1) is 5.41 Å². The molecule has 1 fully saturated rings. The summed E-state index contributed by atoms with van der Waals surface area (Å²) >= 11 is 0. The van der Waals surface area contributed by atoms with Gasteiger partial charge in [0.2, 0.25) is 5.88 Å². The van der Waals surface area contributed by atoms with Gasteiger partial charge in [0.15, 0.2) is 0 Å². The van der Waals surface area contributed by atoms with Gasteiger partial charge in [-0.3, -0.25) is 10.2 Å². The van der Waals surface area contributed by atoms with Crippen LogP contribution in [0.25, 0.3) is 0 Å². The summed E-state index contributed by atoms with van der Waals surface area (Å²) in [5.74, 6) is 0.434. The van der Waals surface area contributed by atoms with E-state index >= 15 is 0 Å². The molecule has 1 aromatic heterocycles. The first-order valence-corrected chi connectivity index (χ1v) is 8.35. The van der Waals surface area contributed by atoms with Crippen molar-refractivity contribution in [2.75, 3.05) is 31.6 Å². The van der Waals surface area contributed by atoms with Crippen LogP contribution < -0.4 is 20.7 Å². The molecule has 0 saturated carbocycles. The van der Waals surface area contributed by atoms with Gasteiger partial charge in [0.25, 0.3) is 5.91 Å². The predicted molar refractivity (Wildman–Crippen MR) is 99.5 cm³/mol. The molecule has 0 radical (unpaired) electrons. The largest absolute Gasteiger partial charge is 0.473 e. The summed E-state index contributed by atoms with van der Waals surface area (Å²) in [5, 5.41) is 17.5. The zero-order valence-corrected chi connectivity index (χ0v) is 14.3. The lowest BCUT2D eigenvalue weighted by Gasteiger charge is -2.24. The van der Waals surface area contributed by atoms with E-state index in [2.05, 4.69) is 34.1 Å². The van der Waals surface area contributed by atoms with Crippen LogP contribution in [0.5, 0.6) is 5.88 Å². The summed E-state index contributed by atoms with van der Waals surface area (Å²) in [6.45, 7) is 9.81. The lowest BCUT2D eigenvalue weighted by Crippen LogP contribution is -2.45. The Morgan fingerprint density at radius 2 is 2.12 bits per heavy atom. The monoisotopic (exact) mass is 343 g/mol. The van der Waals surface area contributed by atoms with Crippen molar-refractivity contribution in [3.63, 3.8) is 0 Å². The second kappa shape index (κ2) is 9.58. The Kier molecular flexibility index (Phi) is 7.16. The van der Waals surface area contributed by atoms with Crippen molar-refractivity contribution < 1.29 is 9.53 Å². The molecule has 7 nitrogen and oxygen atoms in total. The topological polar surface area (TPSA) is 99.1 Å². The number of nitrogens with zero attached hydrogens (tertiary/aromatic N) is 1. The Morgan fingerprint density at radius 1 is 1.36 bits per heavy atom. The highest BCUT2D eigenvalue weighted by Gasteiger charge is 2.21. The number of carbonyl (C=O) groups is 1. The number of carbonyl (C=O) groups excluding carboxylic acids is 1. The van der Waals surface area contributed by atoms with Crippen LogP contribution in [-0.4, -0.2) is 48.9 Å². The normalized spacial score (nSPS) is 14.4. The number of hydrogen-bond donors (Lipinski definition) is 4. The van der Waals surface area contributed by atoms with Gasteiger partial charge in [-0.25, -0.2) is 0 Å². The molecule has 134 valence electrons. The maximum atomic E-state index is 12.4. The molecule has 1 aromatic rings. The Labute approximate surface area is 148 Å². The Balaban J connectivity index is 2.13. The molecule has 1 amide bonds. The fourth-order valence-corrected chi connectivity index (χ4v) is 2.52. The van der Waals surface area contributed by atoms with Crippen LogP contribution in [0.2, 0.25) is 0 Å². The predicted octanol–water partition coefficient (Wildman–Crippen LogP) is 1.48. The molecule has 0 unspecified atom stereocenters. The van der Waals surface area contributed by atoms with Crippen LogP contribution in [-0.2, 0) is 4.79 Å². The van der Waals surface area contributed by atoms with Crippen molar-refractivity contribution in [3.8, 4) is 5.88 Å². The zero-order valence-electron chi connectivity index (χ0n) is 14.3. The van der Waals surface area contributed by atoms with E-state index in [4.69, 9.17) is 10.1 Å². The number of nitrogens with one attached hydrogen (secondary N) is 4. The summed E-state index contributed by atoms with van der Waals surface area (Å²) in [6, 6.07) is 3.41. The Hall–Kier alpha value is -2.67. The minimum absolute atomic E-state index is 0.0989. The number of amides is 1. The molecular formula is C18H25N5O2. The third kappa shape index (κ3) is 5.42. The molecule has 1 aliphatic rings. The molecule has 1 saturated heterocycles. The van der Waals surface area contributed by atoms with Crippen LogP contribution in [0.4, 0.5) is 5.82 Å². The smallest absolute Gasteiger partial charge is 0.270 e. The summed E-state index contributed by atoms with van der Waals surface area (Å²) in [6.07, 6.45) is 5.04. The van der Waals surface area contributed by atoms with E-state index in [0.29, 0.717) is 30.4 Å². The van der Waals surface area contributed by atoms with Gasteiger partial charge in [-0.15, -0.1) is 6.58 Å². The molecule has 7 heteroatoms. The first kappa shape index (κ1) is 18.7. The van der Waals surface area contributed by atoms with Crippen molar-refractivity contribution in [2.24, 2.45) is 0 Å². The number of aromatic nitrogens is 1. The molecule has 2 heterocycles. The Bertz CT molecular complexity index is 638. The van der Waals surface area contributed by atoms with Crippen molar-refractivity contribution >= 4 is 17.4 Å². The van der Waals surface area contributed by atoms with E-state index in [1.165, 1.54) is 0 Å². The highest BCUT2D eigenvalue weighted by molar-refractivity contribution is 6.45. The quantitative estimate of drug-likeness (QED) is 0.402. The van der Waals surface area contributed by atoms with E-state index in [0.717, 1.165) is 25.9 Å². The third-order valence-electron chi connectivity index (χ3n) is 3.80. The van der Waals surface area contributed by atoms with Crippen molar-refractivity contribution in [3.05, 3.63) is 43.0 Å². The van der Waals surface area contributed by atoms with Gasteiger partial charge in [-0.05, 0) is 32.0 Å². The van der Waals surface area contributed by atoms with Crippen LogP contribution >= 0.6 is 0 Å². The number of rotatable bonds is 9. The number of ether oxygens (including phenoxy) is 1. The Morgan fingerprint density at radius 3 is 2.80 bits per heavy atom. The van der Waals surface area contributed by atoms with Crippen molar-refractivity contribution in [1.82, 2.24) is 15.6 Å². The number of hydrogen-bond acceptors (Lipinski definition) is 6. The highest BCUT2D eigenvalue weighted by atomic mass is 16.5. The molecule has 0 aliphatic carbocycles. The molecule has 1 aliphatic heterocycles. The molecule has 0 bridgehead atoms. The van der Waals surface area contributed by atoms with E-state index in [1.54, 1.807) is 24.3 Å². The minimum atomic E-state index is -0.393. The van der Waals surface area contributed by atoms with Crippen LogP contribution in [0.3, 0.4) is 0 Å². The summed E-state index contributed by atoms with van der Waals surface area (Å²) in [5.41, 5.74) is 0.312. The molecule has 25 heavy (non-hydrogen) atoms. The highest BCUT2D eigenvalue weighted by Crippen LogP contribution is 2.19.